The Morgan fingerprint density at radius 3 is 2.24 bits per heavy atom. The van der Waals surface area contributed by atoms with Gasteiger partial charge in [0.05, 0.1) is 0 Å². The van der Waals surface area contributed by atoms with Crippen LogP contribution in [-0.2, 0) is 11.8 Å². The smallest absolute Gasteiger partial charge is 0.166 e. The van der Waals surface area contributed by atoms with E-state index in [-0.39, 0.29) is 16.7 Å². The van der Waals surface area contributed by atoms with Gasteiger partial charge in [-0.25, -0.2) is 0 Å². The number of Topliss-reactive ketones (excluding diaryl/α,β-unsaturated/α-hetero) is 1. The molecule has 0 aliphatic heterocycles. The van der Waals surface area contributed by atoms with E-state index in [1.807, 2.05) is 0 Å². The molecular formula is C19H27BrO. The standard InChI is InChI=1S/C19H27BrO/c1-11-15(19(5,6)7)9-14-13(16(11)20)8-12(17(14)21)10-18(2,3)4/h9,12H,8,10H2,1-7H3. The number of hydrogen-bond acceptors (Lipinski definition) is 1. The molecule has 1 unspecified atom stereocenters. The molecule has 0 spiro atoms. The van der Waals surface area contributed by atoms with Gasteiger partial charge in [-0.1, -0.05) is 57.5 Å². The van der Waals surface area contributed by atoms with Gasteiger partial charge in [-0.05, 0) is 53.4 Å². The first kappa shape index (κ1) is 16.7. The van der Waals surface area contributed by atoms with Gasteiger partial charge >= 0.3 is 0 Å². The number of halogens is 1. The van der Waals surface area contributed by atoms with E-state index in [1.54, 1.807) is 0 Å². The molecule has 21 heavy (non-hydrogen) atoms. The van der Waals surface area contributed by atoms with Crippen molar-refractivity contribution in [1.82, 2.24) is 0 Å². The van der Waals surface area contributed by atoms with Crippen LogP contribution in [0.15, 0.2) is 10.5 Å². The molecule has 0 bridgehead atoms. The highest BCUT2D eigenvalue weighted by Gasteiger charge is 2.36. The fourth-order valence-corrected chi connectivity index (χ4v) is 4.05. The zero-order valence-corrected chi connectivity index (χ0v) is 15.9. The number of fused-ring (bicyclic) bond motifs is 1. The summed E-state index contributed by atoms with van der Waals surface area (Å²) in [7, 11) is 0. The van der Waals surface area contributed by atoms with Crippen LogP contribution in [-0.4, -0.2) is 5.78 Å². The van der Waals surface area contributed by atoms with E-state index >= 15 is 0 Å². The van der Waals surface area contributed by atoms with Crippen LogP contribution in [0.4, 0.5) is 0 Å². The fourth-order valence-electron chi connectivity index (χ4n) is 3.46. The Balaban J connectivity index is 2.49. The Bertz CT molecular complexity index is 585. The topological polar surface area (TPSA) is 17.1 Å². The number of ketones is 1. The number of carbonyl (C=O) groups excluding carboxylic acids is 1. The van der Waals surface area contributed by atoms with Gasteiger partial charge in [0.2, 0.25) is 0 Å². The van der Waals surface area contributed by atoms with Gasteiger partial charge in [0, 0.05) is 16.0 Å². The SMILES string of the molecule is Cc1c(C(C)(C)C)cc2c(c1Br)CC(CC(C)(C)C)C2=O. The summed E-state index contributed by atoms with van der Waals surface area (Å²) in [5.74, 6) is 0.483. The number of carbonyl (C=O) groups is 1. The van der Waals surface area contributed by atoms with Crippen molar-refractivity contribution in [2.24, 2.45) is 11.3 Å². The zero-order valence-electron chi connectivity index (χ0n) is 14.4. The molecule has 2 rings (SSSR count). The van der Waals surface area contributed by atoms with Gasteiger partial charge in [0.1, 0.15) is 0 Å². The second-order valence-electron chi connectivity index (χ2n) is 8.67. The minimum absolute atomic E-state index is 0.0596. The molecule has 1 nitrogen and oxygen atoms in total. The molecule has 0 saturated carbocycles. The van der Waals surface area contributed by atoms with Crippen molar-refractivity contribution in [3.05, 3.63) is 32.8 Å². The lowest BCUT2D eigenvalue weighted by Crippen LogP contribution is -2.18. The molecule has 0 aromatic heterocycles. The summed E-state index contributed by atoms with van der Waals surface area (Å²) in [6, 6.07) is 2.15. The van der Waals surface area contributed by atoms with E-state index in [0.29, 0.717) is 5.78 Å². The maximum atomic E-state index is 12.8. The van der Waals surface area contributed by atoms with Gasteiger partial charge in [-0.3, -0.25) is 4.79 Å². The largest absolute Gasteiger partial charge is 0.294 e. The van der Waals surface area contributed by atoms with Crippen molar-refractivity contribution in [3.63, 3.8) is 0 Å². The number of rotatable bonds is 1. The van der Waals surface area contributed by atoms with Crippen molar-refractivity contribution in [2.75, 3.05) is 0 Å². The van der Waals surface area contributed by atoms with Gasteiger partial charge in [0.25, 0.3) is 0 Å². The number of benzene rings is 1. The third kappa shape index (κ3) is 3.26. The van der Waals surface area contributed by atoms with Gasteiger partial charge in [-0.2, -0.15) is 0 Å². The van der Waals surface area contributed by atoms with Crippen molar-refractivity contribution in [3.8, 4) is 0 Å². The van der Waals surface area contributed by atoms with Gasteiger partial charge < -0.3 is 0 Å². The van der Waals surface area contributed by atoms with Crippen LogP contribution in [0.25, 0.3) is 0 Å². The first-order valence-corrected chi connectivity index (χ1v) is 8.58. The summed E-state index contributed by atoms with van der Waals surface area (Å²) < 4.78 is 1.15. The lowest BCUT2D eigenvalue weighted by atomic mass is 9.82. The highest BCUT2D eigenvalue weighted by molar-refractivity contribution is 9.10. The Labute approximate surface area is 137 Å². The second kappa shape index (κ2) is 5.22. The molecule has 1 aromatic rings. The lowest BCUT2D eigenvalue weighted by Gasteiger charge is -2.24. The molecule has 1 aliphatic carbocycles. The quantitative estimate of drug-likeness (QED) is 0.621. The molecule has 0 heterocycles. The molecule has 1 aromatic carbocycles. The Morgan fingerprint density at radius 2 is 1.76 bits per heavy atom. The zero-order chi connectivity index (χ0) is 16.2. The van der Waals surface area contributed by atoms with Crippen molar-refractivity contribution in [1.29, 1.82) is 0 Å². The molecule has 0 N–H and O–H groups in total. The predicted octanol–water partition coefficient (Wildman–Crippen LogP) is 5.85. The van der Waals surface area contributed by atoms with Crippen LogP contribution in [0, 0.1) is 18.3 Å². The van der Waals surface area contributed by atoms with Crippen LogP contribution in [0.1, 0.15) is 75.0 Å². The summed E-state index contributed by atoms with van der Waals surface area (Å²) in [6.45, 7) is 15.4. The predicted molar refractivity (Wildman–Crippen MR) is 93.2 cm³/mol. The maximum Gasteiger partial charge on any atom is 0.166 e. The summed E-state index contributed by atoms with van der Waals surface area (Å²) >= 11 is 3.76. The van der Waals surface area contributed by atoms with Crippen LogP contribution in [0.5, 0.6) is 0 Å². The van der Waals surface area contributed by atoms with Crippen molar-refractivity contribution in [2.45, 2.75) is 66.7 Å². The first-order chi connectivity index (χ1) is 9.42. The Hall–Kier alpha value is -0.630. The monoisotopic (exact) mass is 350 g/mol. The number of hydrogen-bond donors (Lipinski definition) is 0. The summed E-state index contributed by atoms with van der Waals surface area (Å²) in [5, 5.41) is 0. The summed E-state index contributed by atoms with van der Waals surface area (Å²) in [4.78, 5) is 12.8. The Kier molecular flexibility index (Phi) is 4.16. The van der Waals surface area contributed by atoms with Crippen LogP contribution in [0.3, 0.4) is 0 Å². The third-order valence-corrected chi connectivity index (χ3v) is 5.44. The molecule has 0 radical (unpaired) electrons. The highest BCUT2D eigenvalue weighted by atomic mass is 79.9. The molecule has 0 amide bonds. The molecule has 2 heteroatoms. The van der Waals surface area contributed by atoms with Crippen LogP contribution >= 0.6 is 15.9 Å². The van der Waals surface area contributed by atoms with E-state index < -0.39 is 0 Å². The van der Waals surface area contributed by atoms with Crippen LogP contribution in [0.2, 0.25) is 0 Å². The van der Waals surface area contributed by atoms with E-state index in [2.05, 4.69) is 70.5 Å². The van der Waals surface area contributed by atoms with E-state index in [0.717, 1.165) is 22.9 Å². The van der Waals surface area contributed by atoms with Crippen molar-refractivity contribution >= 4 is 21.7 Å². The summed E-state index contributed by atoms with van der Waals surface area (Å²) in [5.41, 5.74) is 4.98. The second-order valence-corrected chi connectivity index (χ2v) is 9.46. The summed E-state index contributed by atoms with van der Waals surface area (Å²) in [6.07, 6.45) is 1.84. The average Bonchev–Trinajstić information content (AvgIpc) is 2.58. The van der Waals surface area contributed by atoms with E-state index in [9.17, 15) is 4.79 Å². The lowest BCUT2D eigenvalue weighted by molar-refractivity contribution is 0.0903. The molecule has 1 atom stereocenters. The van der Waals surface area contributed by atoms with Crippen molar-refractivity contribution < 1.29 is 4.79 Å². The van der Waals surface area contributed by atoms with E-state index in [4.69, 9.17) is 0 Å². The highest BCUT2D eigenvalue weighted by Crippen LogP contribution is 2.42. The molecule has 1 aliphatic rings. The first-order valence-electron chi connectivity index (χ1n) is 7.78. The Morgan fingerprint density at radius 1 is 1.19 bits per heavy atom. The molecule has 0 fully saturated rings. The minimum atomic E-state index is 0.0596. The van der Waals surface area contributed by atoms with Gasteiger partial charge in [0.15, 0.2) is 5.78 Å². The maximum absolute atomic E-state index is 12.8. The molecular weight excluding hydrogens is 324 g/mol. The molecule has 0 saturated heterocycles. The van der Waals surface area contributed by atoms with E-state index in [1.165, 1.54) is 16.7 Å². The molecule has 116 valence electrons. The minimum Gasteiger partial charge on any atom is -0.294 e. The normalized spacial score (nSPS) is 19.0. The fraction of sp³-hybridized carbons (Fsp3) is 0.632. The average molecular weight is 351 g/mol. The van der Waals surface area contributed by atoms with Crippen LogP contribution < -0.4 is 0 Å². The third-order valence-electron chi connectivity index (χ3n) is 4.37. The van der Waals surface area contributed by atoms with Gasteiger partial charge in [-0.15, -0.1) is 0 Å².